The molecule has 0 saturated carbocycles. The third-order valence-electron chi connectivity index (χ3n) is 3.99. The summed E-state index contributed by atoms with van der Waals surface area (Å²) in [5.74, 6) is -0.757. The first-order valence-corrected chi connectivity index (χ1v) is 8.11. The van der Waals surface area contributed by atoms with Crippen LogP contribution in [-0.2, 0) is 5.79 Å². The number of likely N-dealkylation sites (N-methyl/N-ethyl adjacent to an activating group) is 1. The van der Waals surface area contributed by atoms with Crippen LogP contribution in [0.25, 0.3) is 0 Å². The molecule has 0 aromatic heterocycles. The lowest BCUT2D eigenvalue weighted by molar-refractivity contribution is 0.366. The van der Waals surface area contributed by atoms with E-state index in [4.69, 9.17) is 11.5 Å². The monoisotopic (exact) mass is 319 g/mol. The molecule has 1 aromatic carbocycles. The maximum atomic E-state index is 13.5. The van der Waals surface area contributed by atoms with Crippen molar-refractivity contribution >= 4 is 11.5 Å². The largest absolute Gasteiger partial charge is 0.396 e. The van der Waals surface area contributed by atoms with Crippen LogP contribution in [0.2, 0.25) is 0 Å². The standard InChI is InChI=1S/C17H26FN5/c1-4-7-13-11-16(23(5-2)6-3)22-17(20,21-13)12-8-9-14(18)15(19)10-12/h8-11,21H,4-7,19-20H2,1-3H3. The molecule has 0 spiro atoms. The molecule has 5 nitrogen and oxygen atoms in total. The first-order chi connectivity index (χ1) is 10.9. The van der Waals surface area contributed by atoms with Crippen LogP contribution in [-0.4, -0.2) is 23.8 Å². The molecule has 0 bridgehead atoms. The summed E-state index contributed by atoms with van der Waals surface area (Å²) in [4.78, 5) is 6.83. The Kier molecular flexibility index (Phi) is 5.26. The Bertz CT molecular complexity index is 621. The van der Waals surface area contributed by atoms with E-state index in [2.05, 4.69) is 36.0 Å². The highest BCUT2D eigenvalue weighted by Crippen LogP contribution is 2.26. The zero-order valence-corrected chi connectivity index (χ0v) is 14.1. The molecule has 1 aromatic rings. The van der Waals surface area contributed by atoms with Crippen LogP contribution in [0.3, 0.4) is 0 Å². The number of aliphatic imine (C=N–C) groups is 1. The molecule has 6 heteroatoms. The number of hydrogen-bond acceptors (Lipinski definition) is 5. The summed E-state index contributed by atoms with van der Waals surface area (Å²) >= 11 is 0. The number of nitrogens with two attached hydrogens (primary N) is 2. The third kappa shape index (κ3) is 3.64. The Hall–Kier alpha value is -2.08. The van der Waals surface area contributed by atoms with Crippen molar-refractivity contribution in [2.75, 3.05) is 18.8 Å². The van der Waals surface area contributed by atoms with E-state index in [1.165, 1.54) is 6.07 Å². The maximum Gasteiger partial charge on any atom is 0.211 e. The number of allylic oxidation sites excluding steroid dienone is 1. The van der Waals surface area contributed by atoms with Crippen molar-refractivity contribution in [1.82, 2.24) is 10.2 Å². The van der Waals surface area contributed by atoms with Gasteiger partial charge in [-0.25, -0.2) is 9.38 Å². The van der Waals surface area contributed by atoms with Gasteiger partial charge in [0, 0.05) is 24.4 Å². The van der Waals surface area contributed by atoms with Gasteiger partial charge >= 0.3 is 0 Å². The minimum atomic E-state index is -1.14. The number of nitrogen functional groups attached to an aromatic ring is 1. The van der Waals surface area contributed by atoms with Crippen LogP contribution >= 0.6 is 0 Å². The van der Waals surface area contributed by atoms with Crippen molar-refractivity contribution in [3.05, 3.63) is 41.4 Å². The quantitative estimate of drug-likeness (QED) is 0.729. The van der Waals surface area contributed by atoms with E-state index in [1.807, 2.05) is 6.08 Å². The second-order valence-electron chi connectivity index (χ2n) is 5.69. The number of hydrogen-bond donors (Lipinski definition) is 3. The number of amidine groups is 1. The number of halogens is 1. The molecule has 0 saturated heterocycles. The Morgan fingerprint density at radius 1 is 1.26 bits per heavy atom. The number of nitrogens with one attached hydrogen (secondary N) is 1. The first-order valence-electron chi connectivity index (χ1n) is 8.11. The molecular formula is C17H26FN5. The van der Waals surface area contributed by atoms with Crippen LogP contribution in [0.1, 0.15) is 39.2 Å². The summed E-state index contributed by atoms with van der Waals surface area (Å²) in [5.41, 5.74) is 13.9. The highest BCUT2D eigenvalue weighted by atomic mass is 19.1. The Morgan fingerprint density at radius 3 is 2.52 bits per heavy atom. The zero-order chi connectivity index (χ0) is 17.0. The van der Waals surface area contributed by atoms with E-state index in [0.717, 1.165) is 37.5 Å². The van der Waals surface area contributed by atoms with E-state index >= 15 is 0 Å². The number of anilines is 1. The predicted octanol–water partition coefficient (Wildman–Crippen LogP) is 2.50. The van der Waals surface area contributed by atoms with Gasteiger partial charge in [-0.05, 0) is 38.5 Å². The Morgan fingerprint density at radius 2 is 1.96 bits per heavy atom. The number of rotatable bonds is 5. The summed E-state index contributed by atoms with van der Waals surface area (Å²) in [6.45, 7) is 7.95. The summed E-state index contributed by atoms with van der Waals surface area (Å²) in [6, 6.07) is 4.49. The molecule has 23 heavy (non-hydrogen) atoms. The van der Waals surface area contributed by atoms with Crippen LogP contribution < -0.4 is 16.8 Å². The zero-order valence-electron chi connectivity index (χ0n) is 14.1. The number of nitrogens with zero attached hydrogens (tertiary/aromatic N) is 2. The van der Waals surface area contributed by atoms with E-state index in [-0.39, 0.29) is 5.69 Å². The van der Waals surface area contributed by atoms with Gasteiger partial charge in [-0.15, -0.1) is 0 Å². The normalized spacial score (nSPS) is 20.6. The highest BCUT2D eigenvalue weighted by Gasteiger charge is 2.32. The molecule has 0 amide bonds. The van der Waals surface area contributed by atoms with Gasteiger partial charge in [-0.1, -0.05) is 19.4 Å². The van der Waals surface area contributed by atoms with E-state index in [9.17, 15) is 4.39 Å². The maximum absolute atomic E-state index is 13.5. The third-order valence-corrected chi connectivity index (χ3v) is 3.99. The fraction of sp³-hybridized carbons (Fsp3) is 0.471. The summed E-state index contributed by atoms with van der Waals surface area (Å²) in [5, 5.41) is 3.27. The molecule has 0 fully saturated rings. The van der Waals surface area contributed by atoms with E-state index in [1.54, 1.807) is 12.1 Å². The number of benzene rings is 1. The Labute approximate surface area is 137 Å². The molecule has 1 unspecified atom stereocenters. The molecular weight excluding hydrogens is 293 g/mol. The second kappa shape index (κ2) is 7.00. The van der Waals surface area contributed by atoms with Crippen molar-refractivity contribution in [2.45, 2.75) is 39.4 Å². The molecule has 2 rings (SSSR count). The van der Waals surface area contributed by atoms with Gasteiger partial charge in [0.2, 0.25) is 5.79 Å². The van der Waals surface area contributed by atoms with Gasteiger partial charge in [0.05, 0.1) is 5.69 Å². The van der Waals surface area contributed by atoms with Crippen molar-refractivity contribution in [3.8, 4) is 0 Å². The van der Waals surface area contributed by atoms with Crippen molar-refractivity contribution in [2.24, 2.45) is 10.7 Å². The minimum Gasteiger partial charge on any atom is -0.396 e. The lowest BCUT2D eigenvalue weighted by Crippen LogP contribution is -2.52. The topological polar surface area (TPSA) is 79.7 Å². The van der Waals surface area contributed by atoms with E-state index < -0.39 is 11.6 Å². The van der Waals surface area contributed by atoms with Crippen LogP contribution in [0.4, 0.5) is 10.1 Å². The summed E-state index contributed by atoms with van der Waals surface area (Å²) in [7, 11) is 0. The fourth-order valence-corrected chi connectivity index (χ4v) is 2.71. The molecule has 0 radical (unpaired) electrons. The molecule has 1 atom stereocenters. The lowest BCUT2D eigenvalue weighted by Gasteiger charge is -2.36. The average molecular weight is 319 g/mol. The van der Waals surface area contributed by atoms with Gasteiger partial charge in [-0.2, -0.15) is 0 Å². The van der Waals surface area contributed by atoms with Gasteiger partial charge in [0.15, 0.2) is 0 Å². The van der Waals surface area contributed by atoms with E-state index in [0.29, 0.717) is 5.56 Å². The molecule has 1 aliphatic heterocycles. The van der Waals surface area contributed by atoms with Gasteiger partial charge in [-0.3, -0.25) is 5.73 Å². The lowest BCUT2D eigenvalue weighted by atomic mass is 10.0. The van der Waals surface area contributed by atoms with Gasteiger partial charge in [0.25, 0.3) is 0 Å². The fourth-order valence-electron chi connectivity index (χ4n) is 2.71. The van der Waals surface area contributed by atoms with Crippen molar-refractivity contribution in [3.63, 3.8) is 0 Å². The predicted molar refractivity (Wildman–Crippen MR) is 93.2 cm³/mol. The molecule has 126 valence electrons. The average Bonchev–Trinajstić information content (AvgIpc) is 2.51. The SMILES string of the molecule is CCCC1=CC(N(CC)CC)=NC(N)(c2ccc(F)c(N)c2)N1. The van der Waals surface area contributed by atoms with Crippen LogP contribution in [0, 0.1) is 5.82 Å². The van der Waals surface area contributed by atoms with Gasteiger partial charge in [0.1, 0.15) is 11.7 Å². The summed E-state index contributed by atoms with van der Waals surface area (Å²) in [6.07, 6.45) is 3.90. The van der Waals surface area contributed by atoms with Crippen molar-refractivity contribution < 1.29 is 4.39 Å². The highest BCUT2D eigenvalue weighted by molar-refractivity contribution is 5.94. The van der Waals surface area contributed by atoms with Gasteiger partial charge < -0.3 is 16.0 Å². The molecule has 1 aliphatic rings. The minimum absolute atomic E-state index is 0.0697. The summed E-state index contributed by atoms with van der Waals surface area (Å²) < 4.78 is 13.5. The molecule has 5 N–H and O–H groups in total. The second-order valence-corrected chi connectivity index (χ2v) is 5.69. The van der Waals surface area contributed by atoms with Crippen molar-refractivity contribution in [1.29, 1.82) is 0 Å². The van der Waals surface area contributed by atoms with Crippen LogP contribution in [0.5, 0.6) is 0 Å². The molecule has 1 heterocycles. The van der Waals surface area contributed by atoms with Crippen LogP contribution in [0.15, 0.2) is 35.0 Å². The smallest absolute Gasteiger partial charge is 0.211 e. The Balaban J connectivity index is 2.47. The molecule has 0 aliphatic carbocycles. The first kappa shape index (κ1) is 17.3.